The number of para-hydroxylation sites is 1. The van der Waals surface area contributed by atoms with Gasteiger partial charge in [0, 0.05) is 55.9 Å². The van der Waals surface area contributed by atoms with Gasteiger partial charge in [0.05, 0.1) is 5.92 Å². The monoisotopic (exact) mass is 395 g/mol. The summed E-state index contributed by atoms with van der Waals surface area (Å²) < 4.78 is 0. The number of carbonyl (C=O) groups is 2. The summed E-state index contributed by atoms with van der Waals surface area (Å²) in [6.07, 6.45) is 2.32. The second kappa shape index (κ2) is 7.87. The van der Waals surface area contributed by atoms with Crippen LogP contribution in [0.3, 0.4) is 0 Å². The molecule has 0 radical (unpaired) electrons. The molecular formula is C22H25N3O2S. The molecule has 2 aliphatic heterocycles. The van der Waals surface area contributed by atoms with Crippen molar-refractivity contribution in [2.45, 2.75) is 17.9 Å². The predicted octanol–water partition coefficient (Wildman–Crippen LogP) is 3.24. The fraction of sp³-hybridized carbons (Fsp3) is 0.364. The zero-order valence-corrected chi connectivity index (χ0v) is 17.1. The van der Waals surface area contributed by atoms with Crippen molar-refractivity contribution in [2.75, 3.05) is 42.7 Å². The zero-order valence-electron chi connectivity index (χ0n) is 16.3. The van der Waals surface area contributed by atoms with Crippen LogP contribution in [-0.4, -0.2) is 49.7 Å². The maximum Gasteiger partial charge on any atom is 0.228 e. The minimum Gasteiger partial charge on any atom is -0.373 e. The maximum absolute atomic E-state index is 13.2. The van der Waals surface area contributed by atoms with Gasteiger partial charge in [-0.3, -0.25) is 9.59 Å². The molecule has 2 aromatic carbocycles. The van der Waals surface area contributed by atoms with Crippen molar-refractivity contribution in [2.24, 2.45) is 5.92 Å². The molecule has 1 saturated heterocycles. The standard InChI is InChI=1S/C22H25N3O2S/c1-23-11-12-24(14-16-5-3-4-6-20(16)23)22(27)17-13-21(26)25(15-17)18-7-9-19(28-2)10-8-18/h3-10,17H,11-15H2,1-2H3. The van der Waals surface area contributed by atoms with Gasteiger partial charge >= 0.3 is 0 Å². The molecule has 0 aromatic heterocycles. The highest BCUT2D eigenvalue weighted by atomic mass is 32.2. The highest BCUT2D eigenvalue weighted by Crippen LogP contribution is 2.30. The van der Waals surface area contributed by atoms with Crippen LogP contribution >= 0.6 is 11.8 Å². The first kappa shape index (κ1) is 18.9. The molecule has 28 heavy (non-hydrogen) atoms. The first-order chi connectivity index (χ1) is 13.6. The Labute approximate surface area is 170 Å². The molecule has 0 spiro atoms. The van der Waals surface area contributed by atoms with E-state index >= 15 is 0 Å². The molecule has 146 valence electrons. The van der Waals surface area contributed by atoms with E-state index < -0.39 is 0 Å². The van der Waals surface area contributed by atoms with E-state index in [1.165, 1.54) is 5.69 Å². The van der Waals surface area contributed by atoms with Crippen molar-refractivity contribution in [3.8, 4) is 0 Å². The number of rotatable bonds is 3. The lowest BCUT2D eigenvalue weighted by Gasteiger charge is -2.24. The normalized spacial score (nSPS) is 19.6. The van der Waals surface area contributed by atoms with E-state index in [-0.39, 0.29) is 24.2 Å². The highest BCUT2D eigenvalue weighted by molar-refractivity contribution is 7.98. The van der Waals surface area contributed by atoms with Gasteiger partial charge in [0.1, 0.15) is 0 Å². The van der Waals surface area contributed by atoms with Crippen molar-refractivity contribution >= 4 is 35.0 Å². The molecule has 0 saturated carbocycles. The summed E-state index contributed by atoms with van der Waals surface area (Å²) in [5, 5.41) is 0. The number of carbonyl (C=O) groups excluding carboxylic acids is 2. The molecule has 1 atom stereocenters. The van der Waals surface area contributed by atoms with E-state index in [0.717, 1.165) is 22.7 Å². The number of benzene rings is 2. The van der Waals surface area contributed by atoms with E-state index in [1.54, 1.807) is 16.7 Å². The van der Waals surface area contributed by atoms with Crippen LogP contribution in [0.15, 0.2) is 53.4 Å². The first-order valence-electron chi connectivity index (χ1n) is 9.59. The van der Waals surface area contributed by atoms with Gasteiger partial charge in [0.25, 0.3) is 0 Å². The third kappa shape index (κ3) is 3.61. The molecule has 1 fully saturated rings. The zero-order chi connectivity index (χ0) is 19.7. The van der Waals surface area contributed by atoms with Gasteiger partial charge < -0.3 is 14.7 Å². The van der Waals surface area contributed by atoms with Crippen LogP contribution in [0.5, 0.6) is 0 Å². The second-order valence-electron chi connectivity index (χ2n) is 7.41. The molecule has 4 rings (SSSR count). The SMILES string of the molecule is CSc1ccc(N2CC(C(=O)N3CCN(C)c4ccccc4C3)CC2=O)cc1. The summed E-state index contributed by atoms with van der Waals surface area (Å²) >= 11 is 1.67. The number of amides is 2. The van der Waals surface area contributed by atoms with Crippen LogP contribution in [0.2, 0.25) is 0 Å². The van der Waals surface area contributed by atoms with Crippen LogP contribution in [-0.2, 0) is 16.1 Å². The third-order valence-electron chi connectivity index (χ3n) is 5.64. The second-order valence-corrected chi connectivity index (χ2v) is 8.29. The third-order valence-corrected chi connectivity index (χ3v) is 6.38. The Morgan fingerprint density at radius 1 is 1.07 bits per heavy atom. The number of anilines is 2. The smallest absolute Gasteiger partial charge is 0.228 e. The fourth-order valence-corrected chi connectivity index (χ4v) is 4.43. The Bertz CT molecular complexity index is 884. The molecule has 0 aliphatic carbocycles. The summed E-state index contributed by atoms with van der Waals surface area (Å²) in [4.78, 5) is 32.8. The lowest BCUT2D eigenvalue weighted by molar-refractivity contribution is -0.136. The van der Waals surface area contributed by atoms with Gasteiger partial charge in [-0.25, -0.2) is 0 Å². The van der Waals surface area contributed by atoms with Crippen molar-refractivity contribution in [3.05, 3.63) is 54.1 Å². The van der Waals surface area contributed by atoms with Crippen LogP contribution < -0.4 is 9.80 Å². The minimum atomic E-state index is -0.275. The average molecular weight is 396 g/mol. The summed E-state index contributed by atoms with van der Waals surface area (Å²) in [6.45, 7) is 2.54. The van der Waals surface area contributed by atoms with E-state index in [4.69, 9.17) is 0 Å². The summed E-state index contributed by atoms with van der Waals surface area (Å²) in [7, 11) is 2.06. The number of thioether (sulfide) groups is 1. The van der Waals surface area contributed by atoms with Crippen LogP contribution in [0, 0.1) is 5.92 Å². The van der Waals surface area contributed by atoms with Gasteiger partial charge in [-0.15, -0.1) is 11.8 Å². The molecular weight excluding hydrogens is 370 g/mol. The van der Waals surface area contributed by atoms with Crippen molar-refractivity contribution in [1.29, 1.82) is 0 Å². The van der Waals surface area contributed by atoms with Crippen LogP contribution in [0.25, 0.3) is 0 Å². The van der Waals surface area contributed by atoms with Gasteiger partial charge in [-0.2, -0.15) is 0 Å². The first-order valence-corrected chi connectivity index (χ1v) is 10.8. The number of hydrogen-bond donors (Lipinski definition) is 0. The molecule has 2 aliphatic rings. The Morgan fingerprint density at radius 2 is 1.82 bits per heavy atom. The lowest BCUT2D eigenvalue weighted by Crippen LogP contribution is -2.39. The number of fused-ring (bicyclic) bond motifs is 1. The number of likely N-dealkylation sites (N-methyl/N-ethyl adjacent to an activating group) is 1. The number of nitrogens with zero attached hydrogens (tertiary/aromatic N) is 3. The average Bonchev–Trinajstić information content (AvgIpc) is 3.03. The topological polar surface area (TPSA) is 43.9 Å². The molecule has 0 N–H and O–H groups in total. The highest BCUT2D eigenvalue weighted by Gasteiger charge is 2.37. The van der Waals surface area contributed by atoms with E-state index in [1.807, 2.05) is 47.6 Å². The van der Waals surface area contributed by atoms with Gasteiger partial charge in [0.2, 0.25) is 11.8 Å². The number of hydrogen-bond acceptors (Lipinski definition) is 4. The molecule has 2 heterocycles. The van der Waals surface area contributed by atoms with Gasteiger partial charge in [-0.05, 0) is 42.2 Å². The summed E-state index contributed by atoms with van der Waals surface area (Å²) in [5.74, 6) is -0.160. The quantitative estimate of drug-likeness (QED) is 0.749. The Balaban J connectivity index is 1.49. The Morgan fingerprint density at radius 3 is 2.57 bits per heavy atom. The molecule has 1 unspecified atom stereocenters. The largest absolute Gasteiger partial charge is 0.373 e. The van der Waals surface area contributed by atoms with Crippen molar-refractivity contribution in [3.63, 3.8) is 0 Å². The van der Waals surface area contributed by atoms with E-state index in [9.17, 15) is 9.59 Å². The van der Waals surface area contributed by atoms with Crippen molar-refractivity contribution < 1.29 is 9.59 Å². The summed E-state index contributed by atoms with van der Waals surface area (Å²) in [6, 6.07) is 16.2. The molecule has 0 bridgehead atoms. The Kier molecular flexibility index (Phi) is 5.31. The van der Waals surface area contributed by atoms with Crippen LogP contribution in [0.4, 0.5) is 11.4 Å². The van der Waals surface area contributed by atoms with Crippen LogP contribution in [0.1, 0.15) is 12.0 Å². The maximum atomic E-state index is 13.2. The lowest BCUT2D eigenvalue weighted by atomic mass is 10.1. The molecule has 2 aromatic rings. The Hall–Kier alpha value is -2.47. The fourth-order valence-electron chi connectivity index (χ4n) is 4.02. The summed E-state index contributed by atoms with van der Waals surface area (Å²) in [5.41, 5.74) is 3.21. The van der Waals surface area contributed by atoms with E-state index in [2.05, 4.69) is 24.1 Å². The van der Waals surface area contributed by atoms with E-state index in [0.29, 0.717) is 19.6 Å². The van der Waals surface area contributed by atoms with Gasteiger partial charge in [0.15, 0.2) is 0 Å². The molecule has 5 nitrogen and oxygen atoms in total. The molecule has 2 amide bonds. The molecule has 6 heteroatoms. The minimum absolute atomic E-state index is 0.0302. The van der Waals surface area contributed by atoms with Gasteiger partial charge in [-0.1, -0.05) is 18.2 Å². The predicted molar refractivity (Wildman–Crippen MR) is 114 cm³/mol. The van der Waals surface area contributed by atoms with Crippen molar-refractivity contribution in [1.82, 2.24) is 4.90 Å².